The molecule has 0 atom stereocenters. The van der Waals surface area contributed by atoms with Crippen LogP contribution in [0.5, 0.6) is 0 Å². The molecule has 0 saturated carbocycles. The Morgan fingerprint density at radius 3 is 1.41 bits per heavy atom. The van der Waals surface area contributed by atoms with Crippen molar-refractivity contribution in [3.05, 3.63) is 83.4 Å². The Hall–Kier alpha value is -2.74. The Morgan fingerprint density at radius 1 is 0.591 bits per heavy atom. The van der Waals surface area contributed by atoms with E-state index in [1.54, 1.807) is 0 Å². The van der Waals surface area contributed by atoms with E-state index >= 15 is 0 Å². The summed E-state index contributed by atoms with van der Waals surface area (Å²) in [5.41, 5.74) is 4.82. The van der Waals surface area contributed by atoms with Crippen LogP contribution in [0.2, 0.25) is 0 Å². The van der Waals surface area contributed by atoms with Crippen LogP contribution < -0.4 is 0 Å². The van der Waals surface area contributed by atoms with E-state index in [1.807, 2.05) is 0 Å². The van der Waals surface area contributed by atoms with E-state index in [4.69, 9.17) is 0 Å². The molecule has 22 heavy (non-hydrogen) atoms. The van der Waals surface area contributed by atoms with Crippen molar-refractivity contribution in [2.24, 2.45) is 14.1 Å². The van der Waals surface area contributed by atoms with Gasteiger partial charge in [-0.25, -0.2) is 0 Å². The summed E-state index contributed by atoms with van der Waals surface area (Å²) < 4.78 is 4.22. The maximum absolute atomic E-state index is 2.17. The normalized spacial score (nSPS) is 11.7. The fraction of sp³-hybridized carbons (Fsp3) is 0.100. The predicted molar refractivity (Wildman–Crippen MR) is 95.1 cm³/mol. The van der Waals surface area contributed by atoms with Gasteiger partial charge in [0.1, 0.15) is 0 Å². The molecule has 2 heterocycles. The molecule has 0 amide bonds. The van der Waals surface area contributed by atoms with Gasteiger partial charge in [-0.2, -0.15) is 0 Å². The van der Waals surface area contributed by atoms with Crippen LogP contribution in [0.4, 0.5) is 0 Å². The quantitative estimate of drug-likeness (QED) is 0.658. The minimum Gasteiger partial charge on any atom is -0.351 e. The van der Waals surface area contributed by atoms with Crippen LogP contribution in [0.1, 0.15) is 22.5 Å². The molecule has 1 aromatic carbocycles. The van der Waals surface area contributed by atoms with Gasteiger partial charge in [0.05, 0.1) is 0 Å². The fourth-order valence-electron chi connectivity index (χ4n) is 2.46. The maximum Gasteiger partial charge on any atom is 0.0404 e. The number of rotatable bonds is 4. The van der Waals surface area contributed by atoms with Gasteiger partial charge in [0.2, 0.25) is 0 Å². The molecule has 2 aromatic heterocycles. The summed E-state index contributed by atoms with van der Waals surface area (Å²) in [5, 5.41) is 0. The topological polar surface area (TPSA) is 9.86 Å². The molecule has 0 aliphatic rings. The third kappa shape index (κ3) is 3.12. The second kappa shape index (κ2) is 6.35. The molecule has 0 N–H and O–H groups in total. The Balaban J connectivity index is 1.87. The van der Waals surface area contributed by atoms with E-state index < -0.39 is 0 Å². The van der Waals surface area contributed by atoms with Crippen LogP contribution >= 0.6 is 0 Å². The molecule has 2 heteroatoms. The van der Waals surface area contributed by atoms with E-state index in [0.717, 1.165) is 0 Å². The zero-order valence-electron chi connectivity index (χ0n) is 13.0. The summed E-state index contributed by atoms with van der Waals surface area (Å²) in [5.74, 6) is 0. The van der Waals surface area contributed by atoms with Crippen molar-refractivity contribution in [2.45, 2.75) is 0 Å². The first-order valence-corrected chi connectivity index (χ1v) is 7.42. The monoisotopic (exact) mass is 288 g/mol. The second-order valence-corrected chi connectivity index (χ2v) is 5.38. The lowest BCUT2D eigenvalue weighted by Crippen LogP contribution is -1.88. The van der Waals surface area contributed by atoms with Crippen molar-refractivity contribution in [2.75, 3.05) is 0 Å². The number of aromatic nitrogens is 2. The fourth-order valence-corrected chi connectivity index (χ4v) is 2.46. The first kappa shape index (κ1) is 14.2. The van der Waals surface area contributed by atoms with Gasteiger partial charge in [-0.05, 0) is 47.5 Å². The van der Waals surface area contributed by atoms with Crippen molar-refractivity contribution in [3.8, 4) is 0 Å². The van der Waals surface area contributed by atoms with Gasteiger partial charge in [-0.15, -0.1) is 0 Å². The second-order valence-electron chi connectivity index (χ2n) is 5.38. The van der Waals surface area contributed by atoms with Gasteiger partial charge < -0.3 is 9.13 Å². The Kier molecular flexibility index (Phi) is 4.10. The van der Waals surface area contributed by atoms with Crippen LogP contribution in [0.15, 0.2) is 60.9 Å². The van der Waals surface area contributed by atoms with Crippen molar-refractivity contribution < 1.29 is 0 Å². The average molecular weight is 288 g/mol. The first-order valence-electron chi connectivity index (χ1n) is 7.42. The summed E-state index contributed by atoms with van der Waals surface area (Å²) >= 11 is 0. The predicted octanol–water partition coefficient (Wildman–Crippen LogP) is 4.70. The van der Waals surface area contributed by atoms with Gasteiger partial charge in [-0.3, -0.25) is 0 Å². The maximum atomic E-state index is 2.17. The van der Waals surface area contributed by atoms with Gasteiger partial charge in [0.15, 0.2) is 0 Å². The number of nitrogens with zero attached hydrogens (tertiary/aromatic N) is 2. The van der Waals surface area contributed by atoms with Gasteiger partial charge >= 0.3 is 0 Å². The smallest absolute Gasteiger partial charge is 0.0404 e. The molecule has 0 saturated heterocycles. The minimum absolute atomic E-state index is 1.20. The van der Waals surface area contributed by atoms with E-state index in [1.165, 1.54) is 22.5 Å². The molecule has 0 aliphatic heterocycles. The number of hydrogen-bond acceptors (Lipinski definition) is 0. The number of aryl methyl sites for hydroxylation is 2. The molecular weight excluding hydrogens is 268 g/mol. The summed E-state index contributed by atoms with van der Waals surface area (Å²) in [6.45, 7) is 0. The Labute approximate surface area is 131 Å². The van der Waals surface area contributed by atoms with Crippen LogP contribution in [0, 0.1) is 0 Å². The van der Waals surface area contributed by atoms with Gasteiger partial charge in [-0.1, -0.05) is 36.4 Å². The molecule has 110 valence electrons. The molecule has 0 fully saturated rings. The Morgan fingerprint density at radius 2 is 1.05 bits per heavy atom. The van der Waals surface area contributed by atoms with Crippen LogP contribution in [-0.2, 0) is 14.1 Å². The van der Waals surface area contributed by atoms with Crippen LogP contribution in [0.25, 0.3) is 24.3 Å². The summed E-state index contributed by atoms with van der Waals surface area (Å²) in [7, 11) is 4.11. The molecule has 0 unspecified atom stereocenters. The zero-order valence-corrected chi connectivity index (χ0v) is 13.0. The van der Waals surface area contributed by atoms with Crippen LogP contribution in [0.3, 0.4) is 0 Å². The van der Waals surface area contributed by atoms with E-state index in [9.17, 15) is 0 Å². The summed E-state index contributed by atoms with van der Waals surface area (Å²) in [6.07, 6.45) is 12.7. The third-order valence-electron chi connectivity index (χ3n) is 3.83. The van der Waals surface area contributed by atoms with Crippen LogP contribution in [-0.4, -0.2) is 9.13 Å². The molecule has 0 spiro atoms. The summed E-state index contributed by atoms with van der Waals surface area (Å²) in [4.78, 5) is 0. The van der Waals surface area contributed by atoms with E-state index in [2.05, 4.69) is 108 Å². The lowest BCUT2D eigenvalue weighted by atomic mass is 10.1. The highest BCUT2D eigenvalue weighted by atomic mass is 14.9. The third-order valence-corrected chi connectivity index (χ3v) is 3.83. The van der Waals surface area contributed by atoms with E-state index in [-0.39, 0.29) is 0 Å². The molecule has 0 aliphatic carbocycles. The highest BCUT2D eigenvalue weighted by Crippen LogP contribution is 2.16. The van der Waals surface area contributed by atoms with E-state index in [0.29, 0.717) is 0 Å². The number of hydrogen-bond donors (Lipinski definition) is 0. The molecular formula is C20H20N2. The minimum atomic E-state index is 1.20. The molecule has 0 bridgehead atoms. The highest BCUT2D eigenvalue weighted by molar-refractivity contribution is 5.78. The molecule has 2 nitrogen and oxygen atoms in total. The lowest BCUT2D eigenvalue weighted by molar-refractivity contribution is 0.915. The molecule has 3 rings (SSSR count). The lowest BCUT2D eigenvalue weighted by Gasteiger charge is -2.02. The SMILES string of the molecule is Cn1cccc1/C=C/c1ccccc1/C=C/c1cccn1C. The Bertz CT molecular complexity index is 746. The standard InChI is InChI=1S/C20H20N2/c1-21-15-5-9-19(21)13-11-17-7-3-4-8-18(17)12-14-20-10-6-16-22(20)2/h3-16H,1-2H3/b13-11+,14-12+. The average Bonchev–Trinajstić information content (AvgIpc) is 3.12. The van der Waals surface area contributed by atoms with Crippen molar-refractivity contribution in [3.63, 3.8) is 0 Å². The van der Waals surface area contributed by atoms with Gasteiger partial charge in [0, 0.05) is 37.9 Å². The highest BCUT2D eigenvalue weighted by Gasteiger charge is 1.97. The first-order chi connectivity index (χ1) is 10.7. The van der Waals surface area contributed by atoms with Crippen molar-refractivity contribution in [1.82, 2.24) is 9.13 Å². The van der Waals surface area contributed by atoms with Crippen molar-refractivity contribution in [1.29, 1.82) is 0 Å². The molecule has 0 radical (unpaired) electrons. The largest absolute Gasteiger partial charge is 0.351 e. The molecule has 3 aromatic rings. The number of benzene rings is 1. The zero-order chi connectivity index (χ0) is 15.4. The van der Waals surface area contributed by atoms with Crippen molar-refractivity contribution >= 4 is 24.3 Å². The summed E-state index contributed by atoms with van der Waals surface area (Å²) in [6, 6.07) is 16.8. The van der Waals surface area contributed by atoms with Gasteiger partial charge in [0.25, 0.3) is 0 Å².